The zero-order valence-corrected chi connectivity index (χ0v) is 12.8. The number of aromatic nitrogens is 2. The van der Waals surface area contributed by atoms with Crippen molar-refractivity contribution in [1.82, 2.24) is 9.97 Å². The van der Waals surface area contributed by atoms with Crippen molar-refractivity contribution in [2.75, 3.05) is 30.0 Å². The van der Waals surface area contributed by atoms with Gasteiger partial charge in [-0.2, -0.15) is 4.98 Å². The lowest BCUT2D eigenvalue weighted by Crippen LogP contribution is -2.22. The first kappa shape index (κ1) is 16.3. The van der Waals surface area contributed by atoms with Gasteiger partial charge >= 0.3 is 5.69 Å². The van der Waals surface area contributed by atoms with Gasteiger partial charge in [-0.3, -0.25) is 14.3 Å². The Morgan fingerprint density at radius 3 is 2.55 bits per heavy atom. The predicted molar refractivity (Wildman–Crippen MR) is 79.6 cm³/mol. The van der Waals surface area contributed by atoms with Crippen molar-refractivity contribution in [2.45, 2.75) is 26.0 Å². The summed E-state index contributed by atoms with van der Waals surface area (Å²) in [5, 5.41) is 16.8. The molecule has 0 aliphatic rings. The molecule has 0 saturated heterocycles. The van der Waals surface area contributed by atoms with E-state index in [0.717, 1.165) is 0 Å². The van der Waals surface area contributed by atoms with Crippen LogP contribution < -0.4 is 10.6 Å². The van der Waals surface area contributed by atoms with Crippen LogP contribution in [0.15, 0.2) is 0 Å². The van der Waals surface area contributed by atoms with Gasteiger partial charge in [-0.15, -0.1) is 0 Å². The van der Waals surface area contributed by atoms with Crippen LogP contribution in [-0.4, -0.2) is 43.7 Å². The second-order valence-electron chi connectivity index (χ2n) is 4.31. The fourth-order valence-corrected chi connectivity index (χ4v) is 1.82. The maximum absolute atomic E-state index is 11.3. The van der Waals surface area contributed by atoms with Crippen molar-refractivity contribution in [1.29, 1.82) is 0 Å². The van der Waals surface area contributed by atoms with E-state index in [0.29, 0.717) is 19.0 Å². The Balaban J connectivity index is 3.06. The SMILES string of the molecule is CCNc1nc(C)c([N+](=O)[O-])c(NCC(C)S(C)=O)n1. The quantitative estimate of drug-likeness (QED) is 0.577. The van der Waals surface area contributed by atoms with Gasteiger partial charge in [-0.05, 0) is 20.8 Å². The van der Waals surface area contributed by atoms with Crippen LogP contribution in [0.2, 0.25) is 0 Å². The molecule has 2 unspecified atom stereocenters. The molecule has 8 nitrogen and oxygen atoms in total. The molecule has 0 bridgehead atoms. The fraction of sp³-hybridized carbons (Fsp3) is 0.636. The lowest BCUT2D eigenvalue weighted by molar-refractivity contribution is -0.385. The average Bonchev–Trinajstić information content (AvgIpc) is 2.34. The first-order valence-electron chi connectivity index (χ1n) is 6.19. The molecule has 0 aliphatic carbocycles. The maximum atomic E-state index is 11.3. The van der Waals surface area contributed by atoms with E-state index >= 15 is 0 Å². The Morgan fingerprint density at radius 2 is 2.05 bits per heavy atom. The zero-order chi connectivity index (χ0) is 15.3. The van der Waals surface area contributed by atoms with Crippen molar-refractivity contribution in [3.8, 4) is 0 Å². The Morgan fingerprint density at radius 1 is 1.40 bits per heavy atom. The predicted octanol–water partition coefficient (Wildman–Crippen LogP) is 1.30. The van der Waals surface area contributed by atoms with Crippen molar-refractivity contribution >= 4 is 28.3 Å². The van der Waals surface area contributed by atoms with E-state index in [2.05, 4.69) is 20.6 Å². The van der Waals surface area contributed by atoms with Crippen molar-refractivity contribution in [2.24, 2.45) is 0 Å². The molecule has 9 heteroatoms. The number of hydrogen-bond donors (Lipinski definition) is 2. The molecule has 0 radical (unpaired) electrons. The summed E-state index contributed by atoms with van der Waals surface area (Å²) in [5.74, 6) is 0.485. The normalized spacial score (nSPS) is 13.6. The molecular formula is C11H19N5O3S. The average molecular weight is 301 g/mol. The van der Waals surface area contributed by atoms with Crippen molar-refractivity contribution in [3.63, 3.8) is 0 Å². The van der Waals surface area contributed by atoms with Gasteiger partial charge in [0.25, 0.3) is 0 Å². The number of nitro groups is 1. The second-order valence-corrected chi connectivity index (χ2v) is 6.11. The van der Waals surface area contributed by atoms with Crippen LogP contribution >= 0.6 is 0 Å². The molecule has 0 amide bonds. The number of nitrogens with zero attached hydrogens (tertiary/aromatic N) is 3. The molecule has 2 N–H and O–H groups in total. The molecule has 20 heavy (non-hydrogen) atoms. The molecule has 0 spiro atoms. The molecule has 1 aromatic rings. The molecule has 0 saturated carbocycles. The number of hydrogen-bond acceptors (Lipinski definition) is 7. The summed E-state index contributed by atoms with van der Waals surface area (Å²) in [6, 6.07) is 0. The standard InChI is InChI=1S/C11H19N5O3S/c1-5-12-11-14-8(3)9(16(17)18)10(15-11)13-6-7(2)20(4)19/h7H,5-6H2,1-4H3,(H2,12,13,14,15). The molecule has 112 valence electrons. The summed E-state index contributed by atoms with van der Waals surface area (Å²) in [7, 11) is -1.01. The Labute approximate surface area is 120 Å². The first-order valence-corrected chi connectivity index (χ1v) is 7.81. The third-order valence-electron chi connectivity index (χ3n) is 2.70. The minimum absolute atomic E-state index is 0.132. The van der Waals surface area contributed by atoms with E-state index in [1.54, 1.807) is 20.1 Å². The van der Waals surface area contributed by atoms with Gasteiger partial charge < -0.3 is 10.6 Å². The van der Waals surface area contributed by atoms with Crippen LogP contribution in [-0.2, 0) is 10.8 Å². The molecular weight excluding hydrogens is 282 g/mol. The van der Waals surface area contributed by atoms with Crippen LogP contribution in [0.25, 0.3) is 0 Å². The van der Waals surface area contributed by atoms with Gasteiger partial charge in [0, 0.05) is 35.4 Å². The summed E-state index contributed by atoms with van der Waals surface area (Å²) in [5.41, 5.74) is 0.134. The molecule has 0 fully saturated rings. The van der Waals surface area contributed by atoms with Crippen LogP contribution in [0.4, 0.5) is 17.5 Å². The highest BCUT2D eigenvalue weighted by Gasteiger charge is 2.22. The highest BCUT2D eigenvalue weighted by molar-refractivity contribution is 7.84. The smallest absolute Gasteiger partial charge is 0.332 e. The van der Waals surface area contributed by atoms with E-state index < -0.39 is 15.7 Å². The Hall–Kier alpha value is -1.77. The van der Waals surface area contributed by atoms with E-state index in [1.807, 2.05) is 6.92 Å². The van der Waals surface area contributed by atoms with Gasteiger partial charge in [0.2, 0.25) is 11.8 Å². The van der Waals surface area contributed by atoms with Crippen molar-refractivity contribution in [3.05, 3.63) is 15.8 Å². The summed E-state index contributed by atoms with van der Waals surface area (Å²) >= 11 is 0. The highest BCUT2D eigenvalue weighted by Crippen LogP contribution is 2.26. The second kappa shape index (κ2) is 7.13. The summed E-state index contributed by atoms with van der Waals surface area (Å²) < 4.78 is 11.3. The van der Waals surface area contributed by atoms with Crippen LogP contribution in [0, 0.1) is 17.0 Å². The first-order chi connectivity index (χ1) is 9.36. The zero-order valence-electron chi connectivity index (χ0n) is 12.0. The number of anilines is 2. The van der Waals surface area contributed by atoms with Gasteiger partial charge in [0.1, 0.15) is 5.69 Å². The topological polar surface area (TPSA) is 110 Å². The lowest BCUT2D eigenvalue weighted by atomic mass is 10.3. The molecule has 2 atom stereocenters. The van der Waals surface area contributed by atoms with Gasteiger partial charge in [-0.1, -0.05) is 0 Å². The van der Waals surface area contributed by atoms with Crippen LogP contribution in [0.1, 0.15) is 19.5 Å². The minimum Gasteiger partial charge on any atom is -0.363 e. The third-order valence-corrected chi connectivity index (χ3v) is 4.00. The summed E-state index contributed by atoms with van der Waals surface area (Å²) in [4.78, 5) is 18.7. The number of aryl methyl sites for hydroxylation is 1. The largest absolute Gasteiger partial charge is 0.363 e. The molecule has 0 aliphatic heterocycles. The monoisotopic (exact) mass is 301 g/mol. The Kier molecular flexibility index (Phi) is 5.81. The molecule has 1 heterocycles. The minimum atomic E-state index is -1.01. The van der Waals surface area contributed by atoms with Gasteiger partial charge in [-0.25, -0.2) is 4.98 Å². The summed E-state index contributed by atoms with van der Waals surface area (Å²) in [6.07, 6.45) is 1.59. The third kappa shape index (κ3) is 4.12. The van der Waals surface area contributed by atoms with Crippen LogP contribution in [0.5, 0.6) is 0 Å². The number of rotatable bonds is 7. The maximum Gasteiger partial charge on any atom is 0.332 e. The number of nitrogens with one attached hydrogen (secondary N) is 2. The van der Waals surface area contributed by atoms with Gasteiger partial charge in [0.15, 0.2) is 0 Å². The van der Waals surface area contributed by atoms with E-state index in [-0.39, 0.29) is 22.4 Å². The van der Waals surface area contributed by atoms with E-state index in [4.69, 9.17) is 0 Å². The molecule has 0 aromatic carbocycles. The van der Waals surface area contributed by atoms with Crippen molar-refractivity contribution < 1.29 is 9.13 Å². The highest BCUT2D eigenvalue weighted by atomic mass is 32.2. The lowest BCUT2D eigenvalue weighted by Gasteiger charge is -2.12. The molecule has 1 rings (SSSR count). The van der Waals surface area contributed by atoms with Crippen LogP contribution in [0.3, 0.4) is 0 Å². The summed E-state index contributed by atoms with van der Waals surface area (Å²) in [6.45, 7) is 6.20. The molecule has 1 aromatic heterocycles. The van der Waals surface area contributed by atoms with Gasteiger partial charge in [0.05, 0.1) is 4.92 Å². The fourth-order valence-electron chi connectivity index (χ4n) is 1.50. The van der Waals surface area contributed by atoms with E-state index in [9.17, 15) is 14.3 Å². The Bertz CT molecular complexity index is 523. The van der Waals surface area contributed by atoms with E-state index in [1.165, 1.54) is 0 Å².